The lowest BCUT2D eigenvalue weighted by atomic mass is 10.0. The predicted molar refractivity (Wildman–Crippen MR) is 98.8 cm³/mol. The van der Waals surface area contributed by atoms with Crippen LogP contribution in [-0.4, -0.2) is 23.9 Å². The molecule has 0 fully saturated rings. The van der Waals surface area contributed by atoms with Gasteiger partial charge in [0, 0.05) is 6.04 Å². The molecule has 0 spiro atoms. The molecular weight excluding hydrogens is 319 g/mol. The predicted octanol–water partition coefficient (Wildman–Crippen LogP) is 3.91. The molecule has 0 saturated heterocycles. The molecule has 4 nitrogen and oxygen atoms in total. The van der Waals surface area contributed by atoms with E-state index in [1.54, 1.807) is 6.07 Å². The van der Waals surface area contributed by atoms with Gasteiger partial charge in [-0.05, 0) is 37.3 Å². The van der Waals surface area contributed by atoms with Crippen molar-refractivity contribution in [2.24, 2.45) is 11.8 Å². The molecule has 0 bridgehead atoms. The van der Waals surface area contributed by atoms with Crippen molar-refractivity contribution in [1.29, 1.82) is 0 Å². The molecule has 0 heterocycles. The van der Waals surface area contributed by atoms with Crippen LogP contribution in [0.2, 0.25) is 0 Å². The van der Waals surface area contributed by atoms with Crippen LogP contribution in [-0.2, 0) is 4.79 Å². The Morgan fingerprint density at radius 1 is 1.00 bits per heavy atom. The summed E-state index contributed by atoms with van der Waals surface area (Å²) in [6.45, 7) is 10.0. The van der Waals surface area contributed by atoms with E-state index in [9.17, 15) is 14.0 Å². The molecule has 0 aliphatic heterocycles. The van der Waals surface area contributed by atoms with Crippen LogP contribution in [0.4, 0.5) is 4.39 Å². The largest absolute Gasteiger partial charge is 0.352 e. The number of rotatable bonds is 9. The third-order valence-electron chi connectivity index (χ3n) is 4.16. The maximum Gasteiger partial charge on any atom is 0.254 e. The smallest absolute Gasteiger partial charge is 0.254 e. The normalized spacial score (nSPS) is 13.6. The summed E-state index contributed by atoms with van der Waals surface area (Å²) in [5.41, 5.74) is -0.0501. The number of amides is 2. The lowest BCUT2D eigenvalue weighted by molar-refractivity contribution is -0.124. The zero-order valence-electron chi connectivity index (χ0n) is 15.9. The van der Waals surface area contributed by atoms with E-state index in [0.717, 1.165) is 19.3 Å². The fourth-order valence-electron chi connectivity index (χ4n) is 2.64. The minimum absolute atomic E-state index is 0.0397. The summed E-state index contributed by atoms with van der Waals surface area (Å²) >= 11 is 0. The van der Waals surface area contributed by atoms with Crippen molar-refractivity contribution in [3.05, 3.63) is 35.6 Å². The Balaban J connectivity index is 2.65. The number of carbonyl (C=O) groups excluding carboxylic acids is 2. The summed E-state index contributed by atoms with van der Waals surface area (Å²) in [5, 5.41) is 5.62. The van der Waals surface area contributed by atoms with E-state index in [0.29, 0.717) is 5.92 Å². The van der Waals surface area contributed by atoms with Crippen LogP contribution in [0.15, 0.2) is 24.3 Å². The van der Waals surface area contributed by atoms with Gasteiger partial charge in [0.15, 0.2) is 0 Å². The third-order valence-corrected chi connectivity index (χ3v) is 4.16. The van der Waals surface area contributed by atoms with E-state index < -0.39 is 17.8 Å². The van der Waals surface area contributed by atoms with Gasteiger partial charge in [-0.1, -0.05) is 52.7 Å². The molecule has 0 saturated carbocycles. The molecule has 1 unspecified atom stereocenters. The minimum atomic E-state index is -0.695. The molecule has 2 amide bonds. The molecule has 25 heavy (non-hydrogen) atoms. The van der Waals surface area contributed by atoms with Crippen molar-refractivity contribution in [2.45, 2.75) is 66.0 Å². The summed E-state index contributed by atoms with van der Waals surface area (Å²) in [5.74, 6) is -0.842. The molecule has 0 aliphatic carbocycles. The maximum atomic E-state index is 13.7. The number of hydrogen-bond donors (Lipinski definition) is 2. The van der Waals surface area contributed by atoms with E-state index in [4.69, 9.17) is 0 Å². The fraction of sp³-hybridized carbons (Fsp3) is 0.600. The number of benzene rings is 1. The standard InChI is InChI=1S/C20H31FN2O2/c1-13(2)9-8-10-15(5)22-20(25)18(14(3)4)23-19(24)16-11-6-7-12-17(16)21/h6-7,11-15,18H,8-10H2,1-5H3,(H,22,25)(H,23,24)/t15?,18-/m0/s1. The highest BCUT2D eigenvalue weighted by molar-refractivity contribution is 5.97. The molecule has 2 N–H and O–H groups in total. The van der Waals surface area contributed by atoms with Crippen LogP contribution in [0.25, 0.3) is 0 Å². The number of carbonyl (C=O) groups is 2. The molecular formula is C20H31FN2O2. The lowest BCUT2D eigenvalue weighted by Gasteiger charge is -2.24. The number of hydrogen-bond acceptors (Lipinski definition) is 2. The average molecular weight is 350 g/mol. The van der Waals surface area contributed by atoms with Crippen molar-refractivity contribution in [1.82, 2.24) is 10.6 Å². The monoisotopic (exact) mass is 350 g/mol. The second kappa shape index (κ2) is 10.2. The molecule has 2 atom stereocenters. The molecule has 0 radical (unpaired) electrons. The Labute approximate surface area is 150 Å². The number of halogens is 1. The van der Waals surface area contributed by atoms with E-state index in [1.165, 1.54) is 18.2 Å². The molecule has 5 heteroatoms. The van der Waals surface area contributed by atoms with Gasteiger partial charge in [-0.15, -0.1) is 0 Å². The van der Waals surface area contributed by atoms with Gasteiger partial charge in [0.05, 0.1) is 5.56 Å². The topological polar surface area (TPSA) is 58.2 Å². The van der Waals surface area contributed by atoms with Crippen molar-refractivity contribution >= 4 is 11.8 Å². The molecule has 0 aromatic heterocycles. The van der Waals surface area contributed by atoms with Gasteiger partial charge in [0.2, 0.25) is 5.91 Å². The van der Waals surface area contributed by atoms with Crippen LogP contribution < -0.4 is 10.6 Å². The molecule has 1 rings (SSSR count). The van der Waals surface area contributed by atoms with E-state index in [2.05, 4.69) is 24.5 Å². The van der Waals surface area contributed by atoms with Crippen LogP contribution >= 0.6 is 0 Å². The van der Waals surface area contributed by atoms with Gasteiger partial charge in [-0.2, -0.15) is 0 Å². The van der Waals surface area contributed by atoms with Gasteiger partial charge in [0.25, 0.3) is 5.91 Å². The minimum Gasteiger partial charge on any atom is -0.352 e. The van der Waals surface area contributed by atoms with Gasteiger partial charge >= 0.3 is 0 Å². The van der Waals surface area contributed by atoms with Gasteiger partial charge in [-0.3, -0.25) is 9.59 Å². The SMILES string of the molecule is CC(C)CCCC(C)NC(=O)[C@@H](NC(=O)c1ccccc1F)C(C)C. The Hall–Kier alpha value is -1.91. The van der Waals surface area contributed by atoms with Gasteiger partial charge in [0.1, 0.15) is 11.9 Å². The second-order valence-corrected chi connectivity index (χ2v) is 7.41. The first-order valence-corrected chi connectivity index (χ1v) is 9.08. The summed E-state index contributed by atoms with van der Waals surface area (Å²) in [7, 11) is 0. The Morgan fingerprint density at radius 2 is 1.64 bits per heavy atom. The van der Waals surface area contributed by atoms with Crippen LogP contribution in [0.5, 0.6) is 0 Å². The summed E-state index contributed by atoms with van der Waals surface area (Å²) in [4.78, 5) is 24.8. The van der Waals surface area contributed by atoms with Gasteiger partial charge < -0.3 is 10.6 Å². The van der Waals surface area contributed by atoms with Crippen LogP contribution in [0.3, 0.4) is 0 Å². The highest BCUT2D eigenvalue weighted by Gasteiger charge is 2.26. The highest BCUT2D eigenvalue weighted by Crippen LogP contribution is 2.11. The van der Waals surface area contributed by atoms with Crippen molar-refractivity contribution < 1.29 is 14.0 Å². The van der Waals surface area contributed by atoms with Gasteiger partial charge in [-0.25, -0.2) is 4.39 Å². The first kappa shape index (κ1) is 21.1. The fourth-order valence-corrected chi connectivity index (χ4v) is 2.64. The zero-order chi connectivity index (χ0) is 19.0. The second-order valence-electron chi connectivity index (χ2n) is 7.41. The summed E-state index contributed by atoms with van der Waals surface area (Å²) < 4.78 is 13.7. The molecule has 140 valence electrons. The Morgan fingerprint density at radius 3 is 2.20 bits per heavy atom. The van der Waals surface area contributed by atoms with Crippen LogP contribution in [0, 0.1) is 17.7 Å². The van der Waals surface area contributed by atoms with E-state index in [-0.39, 0.29) is 23.4 Å². The lowest BCUT2D eigenvalue weighted by Crippen LogP contribution is -2.51. The molecule has 0 aliphatic rings. The summed E-state index contributed by atoms with van der Waals surface area (Å²) in [6, 6.07) is 5.11. The quantitative estimate of drug-likeness (QED) is 0.709. The Kier molecular flexibility index (Phi) is 8.59. The first-order chi connectivity index (χ1) is 11.7. The first-order valence-electron chi connectivity index (χ1n) is 9.08. The zero-order valence-corrected chi connectivity index (χ0v) is 15.9. The van der Waals surface area contributed by atoms with Crippen molar-refractivity contribution in [3.63, 3.8) is 0 Å². The molecule has 1 aromatic carbocycles. The molecule has 1 aromatic rings. The van der Waals surface area contributed by atoms with E-state index >= 15 is 0 Å². The third kappa shape index (κ3) is 7.24. The number of nitrogens with one attached hydrogen (secondary N) is 2. The van der Waals surface area contributed by atoms with Crippen molar-refractivity contribution in [3.8, 4) is 0 Å². The van der Waals surface area contributed by atoms with Crippen molar-refractivity contribution in [2.75, 3.05) is 0 Å². The highest BCUT2D eigenvalue weighted by atomic mass is 19.1. The van der Waals surface area contributed by atoms with Crippen LogP contribution in [0.1, 0.15) is 64.2 Å². The average Bonchev–Trinajstić information content (AvgIpc) is 2.51. The summed E-state index contributed by atoms with van der Waals surface area (Å²) in [6.07, 6.45) is 3.07. The van der Waals surface area contributed by atoms with E-state index in [1.807, 2.05) is 20.8 Å². The maximum absolute atomic E-state index is 13.7. The Bertz CT molecular complexity index is 573.